The molecule has 20 heavy (non-hydrogen) atoms. The Balaban J connectivity index is 0.00000147. The van der Waals surface area contributed by atoms with E-state index in [1.165, 1.54) is 11.3 Å². The number of nitrogens with zero attached hydrogens (tertiary/aromatic N) is 1. The molecule has 4 radical (unpaired) electrons. The van der Waals surface area contributed by atoms with Crippen molar-refractivity contribution in [3.63, 3.8) is 0 Å². The van der Waals surface area contributed by atoms with Gasteiger partial charge in [0.25, 0.3) is 0 Å². The number of anilines is 1. The number of aliphatic hydroxyl groups excluding tert-OH is 1. The molecule has 0 aromatic heterocycles. The van der Waals surface area contributed by atoms with Gasteiger partial charge in [0.15, 0.2) is 0 Å². The number of para-hydroxylation sites is 1. The van der Waals surface area contributed by atoms with Crippen molar-refractivity contribution in [3.05, 3.63) is 66.2 Å². The van der Waals surface area contributed by atoms with Crippen LogP contribution < -0.4 is 4.90 Å². The van der Waals surface area contributed by atoms with Gasteiger partial charge in [0, 0.05) is 23.2 Å². The van der Waals surface area contributed by atoms with Crippen molar-refractivity contribution in [1.29, 1.82) is 0 Å². The summed E-state index contributed by atoms with van der Waals surface area (Å²) < 4.78 is 0. The van der Waals surface area contributed by atoms with E-state index in [4.69, 9.17) is 0 Å². The molecule has 1 aliphatic heterocycles. The van der Waals surface area contributed by atoms with Crippen LogP contribution in [-0.4, -0.2) is 29.2 Å². The van der Waals surface area contributed by atoms with Crippen molar-refractivity contribution < 1.29 is 5.11 Å². The van der Waals surface area contributed by atoms with Crippen LogP contribution in [0.25, 0.3) is 0 Å². The second kappa shape index (κ2) is 6.24. The van der Waals surface area contributed by atoms with Crippen molar-refractivity contribution in [2.75, 3.05) is 18.1 Å². The molecule has 1 saturated heterocycles. The third-order valence-electron chi connectivity index (χ3n) is 4.13. The quantitative estimate of drug-likeness (QED) is 0.875. The maximum absolute atomic E-state index is 10.1. The Kier molecular flexibility index (Phi) is 4.63. The third kappa shape index (κ3) is 2.39. The highest BCUT2D eigenvalue weighted by atomic mass is 28.1. The first kappa shape index (κ1) is 14.8. The first-order valence-corrected chi connectivity index (χ1v) is 6.86. The van der Waals surface area contributed by atoms with Crippen molar-refractivity contribution in [2.45, 2.75) is 18.4 Å². The molecule has 0 bridgehead atoms. The zero-order valence-electron chi connectivity index (χ0n) is 11.5. The Morgan fingerprint density at radius 2 is 1.55 bits per heavy atom. The van der Waals surface area contributed by atoms with Gasteiger partial charge in [0.05, 0.1) is 12.1 Å². The molecule has 0 aliphatic carbocycles. The Morgan fingerprint density at radius 1 is 0.950 bits per heavy atom. The lowest BCUT2D eigenvalue weighted by molar-refractivity contribution is 0.198. The highest BCUT2D eigenvalue weighted by Crippen LogP contribution is 2.41. The Labute approximate surface area is 125 Å². The zero-order chi connectivity index (χ0) is 13.1. The van der Waals surface area contributed by atoms with E-state index in [0.29, 0.717) is 0 Å². The van der Waals surface area contributed by atoms with Gasteiger partial charge in [0.2, 0.25) is 0 Å². The fourth-order valence-corrected chi connectivity index (χ4v) is 3.17. The predicted molar refractivity (Wildman–Crippen MR) is 84.0 cm³/mol. The summed E-state index contributed by atoms with van der Waals surface area (Å²) >= 11 is 0. The summed E-state index contributed by atoms with van der Waals surface area (Å²) in [5.74, 6) is 0. The van der Waals surface area contributed by atoms with Crippen LogP contribution in [0.1, 0.15) is 18.4 Å². The van der Waals surface area contributed by atoms with E-state index in [9.17, 15) is 5.11 Å². The van der Waals surface area contributed by atoms with Gasteiger partial charge in [-0.2, -0.15) is 0 Å². The molecule has 2 nitrogen and oxygen atoms in total. The van der Waals surface area contributed by atoms with E-state index in [1.807, 2.05) is 24.3 Å². The van der Waals surface area contributed by atoms with Crippen molar-refractivity contribution in [1.82, 2.24) is 0 Å². The summed E-state index contributed by atoms with van der Waals surface area (Å²) in [7, 11) is 0. The van der Waals surface area contributed by atoms with Crippen LogP contribution in [0.4, 0.5) is 5.69 Å². The van der Waals surface area contributed by atoms with E-state index in [-0.39, 0.29) is 23.1 Å². The third-order valence-corrected chi connectivity index (χ3v) is 4.13. The number of rotatable bonds is 3. The van der Waals surface area contributed by atoms with Crippen LogP contribution in [0, 0.1) is 0 Å². The van der Waals surface area contributed by atoms with Gasteiger partial charge >= 0.3 is 0 Å². The maximum Gasteiger partial charge on any atom is 0.0884 e. The van der Waals surface area contributed by atoms with Gasteiger partial charge < -0.3 is 10.0 Å². The molecule has 1 heterocycles. The lowest BCUT2D eigenvalue weighted by Crippen LogP contribution is -2.44. The molecule has 0 saturated carbocycles. The summed E-state index contributed by atoms with van der Waals surface area (Å²) in [4.78, 5) is 2.35. The average Bonchev–Trinajstić information content (AvgIpc) is 2.94. The molecule has 1 aliphatic rings. The summed E-state index contributed by atoms with van der Waals surface area (Å²) in [6, 6.07) is 20.8. The molecule has 3 rings (SSSR count). The molecule has 0 amide bonds. The average molecular weight is 281 g/mol. The lowest BCUT2D eigenvalue weighted by Gasteiger charge is -2.39. The van der Waals surface area contributed by atoms with Gasteiger partial charge in [-0.3, -0.25) is 0 Å². The SMILES string of the molecule is OC[C@]1(c2ccccc2)CCCN1c1ccccc1.[Si]. The van der Waals surface area contributed by atoms with E-state index in [1.54, 1.807) is 0 Å². The van der Waals surface area contributed by atoms with E-state index in [2.05, 4.69) is 41.3 Å². The number of aliphatic hydroxyl groups is 1. The molecular formula is C17H19NOSi. The number of hydrogen-bond donors (Lipinski definition) is 1. The summed E-state index contributed by atoms with van der Waals surface area (Å²) in [5.41, 5.74) is 2.14. The fraction of sp³-hybridized carbons (Fsp3) is 0.294. The minimum absolute atomic E-state index is 0. The maximum atomic E-state index is 10.1. The van der Waals surface area contributed by atoms with Gasteiger partial charge in [-0.25, -0.2) is 0 Å². The van der Waals surface area contributed by atoms with Crippen LogP contribution in [0.2, 0.25) is 0 Å². The first-order valence-electron chi connectivity index (χ1n) is 6.86. The van der Waals surface area contributed by atoms with Crippen LogP contribution >= 0.6 is 0 Å². The van der Waals surface area contributed by atoms with Crippen molar-refractivity contribution >= 4 is 16.7 Å². The topological polar surface area (TPSA) is 23.5 Å². The summed E-state index contributed by atoms with van der Waals surface area (Å²) in [6.45, 7) is 1.16. The zero-order valence-corrected chi connectivity index (χ0v) is 12.5. The second-order valence-corrected chi connectivity index (χ2v) is 5.15. The van der Waals surface area contributed by atoms with Crippen LogP contribution in [0.15, 0.2) is 60.7 Å². The molecule has 102 valence electrons. The summed E-state index contributed by atoms with van der Waals surface area (Å²) in [6.07, 6.45) is 2.12. The van der Waals surface area contributed by atoms with Gasteiger partial charge in [0.1, 0.15) is 0 Å². The molecule has 1 atom stereocenters. The van der Waals surface area contributed by atoms with E-state index >= 15 is 0 Å². The number of benzene rings is 2. The Morgan fingerprint density at radius 3 is 2.15 bits per heavy atom. The molecule has 1 N–H and O–H groups in total. The van der Waals surface area contributed by atoms with Gasteiger partial charge in [-0.15, -0.1) is 0 Å². The monoisotopic (exact) mass is 281 g/mol. The molecule has 0 unspecified atom stereocenters. The lowest BCUT2D eigenvalue weighted by atomic mass is 9.87. The highest BCUT2D eigenvalue weighted by molar-refractivity contribution is 5.75. The minimum atomic E-state index is -0.261. The van der Waals surface area contributed by atoms with Crippen LogP contribution in [-0.2, 0) is 5.54 Å². The highest BCUT2D eigenvalue weighted by Gasteiger charge is 2.41. The van der Waals surface area contributed by atoms with Crippen molar-refractivity contribution in [2.24, 2.45) is 0 Å². The standard InChI is InChI=1S/C17H19NO.Si/c19-14-17(15-8-3-1-4-9-15)12-7-13-18(17)16-10-5-2-6-11-16;/h1-6,8-11,19H,7,12-14H2;/t17-;/m0./s1. The molecule has 0 spiro atoms. The Hall–Kier alpha value is -1.58. The molecule has 3 heteroatoms. The second-order valence-electron chi connectivity index (χ2n) is 5.15. The molecule has 1 fully saturated rings. The van der Waals surface area contributed by atoms with Gasteiger partial charge in [-0.1, -0.05) is 48.5 Å². The van der Waals surface area contributed by atoms with Crippen molar-refractivity contribution in [3.8, 4) is 0 Å². The minimum Gasteiger partial charge on any atom is -0.394 e. The predicted octanol–water partition coefficient (Wildman–Crippen LogP) is 2.79. The first-order chi connectivity index (χ1) is 9.37. The molecular weight excluding hydrogens is 262 g/mol. The number of hydrogen-bond acceptors (Lipinski definition) is 2. The molecule has 2 aromatic carbocycles. The van der Waals surface area contributed by atoms with Crippen LogP contribution in [0.5, 0.6) is 0 Å². The summed E-state index contributed by atoms with van der Waals surface area (Å²) in [5, 5.41) is 10.1. The largest absolute Gasteiger partial charge is 0.394 e. The van der Waals surface area contributed by atoms with Crippen LogP contribution in [0.3, 0.4) is 0 Å². The van der Waals surface area contributed by atoms with Gasteiger partial charge in [-0.05, 0) is 30.5 Å². The normalized spacial score (nSPS) is 21.6. The van der Waals surface area contributed by atoms with E-state index < -0.39 is 0 Å². The van der Waals surface area contributed by atoms with E-state index in [0.717, 1.165) is 19.4 Å². The smallest absolute Gasteiger partial charge is 0.0884 e. The molecule has 2 aromatic rings. The fourth-order valence-electron chi connectivity index (χ4n) is 3.17. The Bertz CT molecular complexity index is 531.